The summed E-state index contributed by atoms with van der Waals surface area (Å²) in [7, 11) is 1.70. The first-order valence-corrected chi connectivity index (χ1v) is 10.6. The normalized spacial score (nSPS) is 17.2. The van der Waals surface area contributed by atoms with Crippen LogP contribution in [0.3, 0.4) is 0 Å². The Morgan fingerprint density at radius 2 is 1.83 bits per heavy atom. The fraction of sp³-hybridized carbons (Fsp3) is 0.545. The quantitative estimate of drug-likeness (QED) is 0.814. The summed E-state index contributed by atoms with van der Waals surface area (Å²) in [6.07, 6.45) is 3.61. The number of rotatable bonds is 5. The summed E-state index contributed by atoms with van der Waals surface area (Å²) in [6.45, 7) is 5.18. The van der Waals surface area contributed by atoms with Gasteiger partial charge in [-0.2, -0.15) is 5.10 Å². The highest BCUT2D eigenvalue weighted by molar-refractivity contribution is 5.91. The first kappa shape index (κ1) is 20.4. The van der Waals surface area contributed by atoms with Gasteiger partial charge in [0.25, 0.3) is 0 Å². The van der Waals surface area contributed by atoms with Crippen molar-refractivity contribution in [2.24, 2.45) is 13.0 Å². The molecule has 1 N–H and O–H groups in total. The molecule has 1 aliphatic carbocycles. The molecule has 1 saturated carbocycles. The molecular formula is C22H29N5O3. The largest absolute Gasteiger partial charge is 0.346 e. The Labute approximate surface area is 175 Å². The number of aromatic nitrogens is 3. The molecule has 0 bridgehead atoms. The fourth-order valence-corrected chi connectivity index (χ4v) is 4.11. The lowest BCUT2D eigenvalue weighted by Crippen LogP contribution is -2.39. The van der Waals surface area contributed by atoms with Gasteiger partial charge >= 0.3 is 5.69 Å². The maximum Gasteiger partial charge on any atom is 0.346 e. The van der Waals surface area contributed by atoms with Crippen LogP contribution >= 0.6 is 0 Å². The predicted molar refractivity (Wildman–Crippen MR) is 113 cm³/mol. The van der Waals surface area contributed by atoms with Gasteiger partial charge in [-0.05, 0) is 56.7 Å². The van der Waals surface area contributed by atoms with Gasteiger partial charge in [-0.1, -0.05) is 12.1 Å². The number of nitrogens with zero attached hydrogens (tertiary/aromatic N) is 4. The van der Waals surface area contributed by atoms with Crippen LogP contribution < -0.4 is 11.0 Å². The average Bonchev–Trinajstić information content (AvgIpc) is 3.54. The molecule has 1 aromatic heterocycles. The van der Waals surface area contributed by atoms with Gasteiger partial charge in [0.05, 0.1) is 0 Å². The summed E-state index contributed by atoms with van der Waals surface area (Å²) in [6, 6.07) is 5.86. The van der Waals surface area contributed by atoms with Gasteiger partial charge in [0.1, 0.15) is 12.4 Å². The molecule has 4 rings (SSSR count). The minimum atomic E-state index is -0.294. The number of carbonyl (C=O) groups excluding carboxylic acids is 2. The molecule has 1 saturated heterocycles. The van der Waals surface area contributed by atoms with Crippen molar-refractivity contribution in [2.45, 2.75) is 52.0 Å². The molecule has 2 fully saturated rings. The first-order chi connectivity index (χ1) is 14.3. The number of hydrogen-bond donors (Lipinski definition) is 1. The summed E-state index contributed by atoms with van der Waals surface area (Å²) < 4.78 is 2.77. The molecule has 0 spiro atoms. The van der Waals surface area contributed by atoms with E-state index in [1.165, 1.54) is 9.25 Å². The molecule has 0 atom stereocenters. The second-order valence-electron chi connectivity index (χ2n) is 8.60. The summed E-state index contributed by atoms with van der Waals surface area (Å²) >= 11 is 0. The molecule has 1 aromatic carbocycles. The SMILES string of the molecule is Cc1ccc(C)c(NC(=O)Cn2nc(C3CCN(C(=O)C4CC4)CC3)n(C)c2=O)c1. The molecule has 8 nitrogen and oxygen atoms in total. The second-order valence-corrected chi connectivity index (χ2v) is 8.60. The molecule has 2 aromatic rings. The molecule has 2 heterocycles. The van der Waals surface area contributed by atoms with Crippen LogP contribution in [0.15, 0.2) is 23.0 Å². The van der Waals surface area contributed by atoms with Crippen molar-refractivity contribution in [2.75, 3.05) is 18.4 Å². The van der Waals surface area contributed by atoms with Crippen LogP contribution in [-0.4, -0.2) is 44.2 Å². The Morgan fingerprint density at radius 3 is 2.50 bits per heavy atom. The monoisotopic (exact) mass is 411 g/mol. The van der Waals surface area contributed by atoms with Gasteiger partial charge in [-0.15, -0.1) is 0 Å². The number of amides is 2. The van der Waals surface area contributed by atoms with E-state index < -0.39 is 0 Å². The number of anilines is 1. The van der Waals surface area contributed by atoms with Crippen molar-refractivity contribution in [3.8, 4) is 0 Å². The van der Waals surface area contributed by atoms with E-state index in [1.54, 1.807) is 7.05 Å². The lowest BCUT2D eigenvalue weighted by Gasteiger charge is -2.31. The molecule has 1 aliphatic heterocycles. The van der Waals surface area contributed by atoms with E-state index in [0.717, 1.165) is 42.5 Å². The summed E-state index contributed by atoms with van der Waals surface area (Å²) in [5, 5.41) is 7.35. The maximum absolute atomic E-state index is 12.6. The van der Waals surface area contributed by atoms with Gasteiger partial charge in [-0.3, -0.25) is 14.2 Å². The van der Waals surface area contributed by atoms with Crippen LogP contribution in [0, 0.1) is 19.8 Å². The first-order valence-electron chi connectivity index (χ1n) is 10.6. The maximum atomic E-state index is 12.6. The van der Waals surface area contributed by atoms with Crippen molar-refractivity contribution in [3.05, 3.63) is 45.6 Å². The Hall–Kier alpha value is -2.90. The third-order valence-corrected chi connectivity index (χ3v) is 6.13. The third kappa shape index (κ3) is 4.17. The zero-order chi connectivity index (χ0) is 21.4. The number of carbonyl (C=O) groups is 2. The second kappa shape index (κ2) is 8.08. The Bertz CT molecular complexity index is 1030. The minimum Gasteiger partial charge on any atom is -0.342 e. The smallest absolute Gasteiger partial charge is 0.342 e. The fourth-order valence-electron chi connectivity index (χ4n) is 4.11. The minimum absolute atomic E-state index is 0.120. The number of piperidine rings is 1. The van der Waals surface area contributed by atoms with E-state index in [-0.39, 0.29) is 35.9 Å². The Morgan fingerprint density at radius 1 is 1.13 bits per heavy atom. The van der Waals surface area contributed by atoms with Crippen LogP contribution in [0.1, 0.15) is 48.6 Å². The van der Waals surface area contributed by atoms with E-state index in [4.69, 9.17) is 0 Å². The number of likely N-dealkylation sites (tertiary alicyclic amines) is 1. The van der Waals surface area contributed by atoms with Gasteiger partial charge in [0.2, 0.25) is 11.8 Å². The number of nitrogens with one attached hydrogen (secondary N) is 1. The lowest BCUT2D eigenvalue weighted by atomic mass is 9.95. The molecule has 8 heteroatoms. The highest BCUT2D eigenvalue weighted by Crippen LogP contribution is 2.33. The van der Waals surface area contributed by atoms with Crippen molar-refractivity contribution < 1.29 is 9.59 Å². The topological polar surface area (TPSA) is 89.2 Å². The number of aryl methyl sites for hydroxylation is 2. The van der Waals surface area contributed by atoms with Gasteiger partial charge in [0.15, 0.2) is 0 Å². The number of benzene rings is 1. The van der Waals surface area contributed by atoms with Crippen LogP contribution in [0.25, 0.3) is 0 Å². The van der Waals surface area contributed by atoms with Crippen molar-refractivity contribution in [1.29, 1.82) is 0 Å². The van der Waals surface area contributed by atoms with Gasteiger partial charge in [0, 0.05) is 37.7 Å². The van der Waals surface area contributed by atoms with E-state index >= 15 is 0 Å². The van der Waals surface area contributed by atoms with Crippen molar-refractivity contribution >= 4 is 17.5 Å². The zero-order valence-corrected chi connectivity index (χ0v) is 17.9. The highest BCUT2D eigenvalue weighted by Gasteiger charge is 2.36. The number of hydrogen-bond acceptors (Lipinski definition) is 4. The van der Waals surface area contributed by atoms with Gasteiger partial charge in [-0.25, -0.2) is 9.48 Å². The van der Waals surface area contributed by atoms with E-state index in [2.05, 4.69) is 10.4 Å². The molecule has 2 aliphatic rings. The molecule has 160 valence electrons. The predicted octanol–water partition coefficient (Wildman–Crippen LogP) is 1.95. The molecular weight excluding hydrogens is 382 g/mol. The Balaban J connectivity index is 1.41. The lowest BCUT2D eigenvalue weighted by molar-refractivity contribution is -0.133. The summed E-state index contributed by atoms with van der Waals surface area (Å²) in [5.41, 5.74) is 2.48. The average molecular weight is 412 g/mol. The van der Waals surface area contributed by atoms with Crippen LogP contribution in [0.4, 0.5) is 5.69 Å². The third-order valence-electron chi connectivity index (χ3n) is 6.13. The van der Waals surface area contributed by atoms with Crippen molar-refractivity contribution in [3.63, 3.8) is 0 Å². The van der Waals surface area contributed by atoms with Crippen LogP contribution in [-0.2, 0) is 23.2 Å². The highest BCUT2D eigenvalue weighted by atomic mass is 16.2. The zero-order valence-electron chi connectivity index (χ0n) is 17.9. The van der Waals surface area contributed by atoms with E-state index in [9.17, 15) is 14.4 Å². The molecule has 2 amide bonds. The van der Waals surface area contributed by atoms with Crippen molar-refractivity contribution in [1.82, 2.24) is 19.2 Å². The van der Waals surface area contributed by atoms with Gasteiger partial charge < -0.3 is 10.2 Å². The summed E-state index contributed by atoms with van der Waals surface area (Å²) in [4.78, 5) is 39.3. The van der Waals surface area contributed by atoms with E-state index in [0.29, 0.717) is 18.9 Å². The molecule has 0 unspecified atom stereocenters. The Kier molecular flexibility index (Phi) is 5.49. The molecule has 30 heavy (non-hydrogen) atoms. The van der Waals surface area contributed by atoms with Crippen LogP contribution in [0.5, 0.6) is 0 Å². The standard InChI is InChI=1S/C22H29N5O3/c1-14-4-5-15(2)18(12-14)23-19(28)13-27-22(30)25(3)20(24-27)16-8-10-26(11-9-16)21(29)17-6-7-17/h4-5,12,16-17H,6-11,13H2,1-3H3,(H,23,28). The summed E-state index contributed by atoms with van der Waals surface area (Å²) in [5.74, 6) is 1.05. The molecule has 0 radical (unpaired) electrons. The van der Waals surface area contributed by atoms with Crippen LogP contribution in [0.2, 0.25) is 0 Å². The van der Waals surface area contributed by atoms with E-state index in [1.807, 2.05) is 36.9 Å².